The van der Waals surface area contributed by atoms with Crippen LogP contribution in [0.2, 0.25) is 0 Å². The zero-order chi connectivity index (χ0) is 17.9. The van der Waals surface area contributed by atoms with Crippen molar-refractivity contribution >= 4 is 33.8 Å². The van der Waals surface area contributed by atoms with Gasteiger partial charge in [0.25, 0.3) is 0 Å². The average Bonchev–Trinajstić information content (AvgIpc) is 3.26. The fraction of sp³-hybridized carbons (Fsp3) is 0.143. The summed E-state index contributed by atoms with van der Waals surface area (Å²) in [6.07, 6.45) is 3.14. The van der Waals surface area contributed by atoms with Gasteiger partial charge in [0.15, 0.2) is 0 Å². The average molecular weight is 361 g/mol. The first kappa shape index (κ1) is 16.5. The van der Waals surface area contributed by atoms with E-state index in [-0.39, 0.29) is 5.91 Å². The topological polar surface area (TPSA) is 57.8 Å². The van der Waals surface area contributed by atoms with E-state index in [2.05, 4.69) is 21.4 Å². The van der Waals surface area contributed by atoms with Crippen molar-refractivity contribution in [3.8, 4) is 11.3 Å². The van der Waals surface area contributed by atoms with E-state index in [0.29, 0.717) is 12.8 Å². The highest BCUT2D eigenvalue weighted by Crippen LogP contribution is 2.24. The maximum atomic E-state index is 12.4. The number of nitrogens with one attached hydrogen (secondary N) is 2. The number of aryl methyl sites for hydroxylation is 2. The number of H-pyrrole nitrogens is 1. The van der Waals surface area contributed by atoms with E-state index in [9.17, 15) is 4.79 Å². The van der Waals surface area contributed by atoms with E-state index in [1.807, 2.05) is 61.0 Å². The first-order valence-electron chi connectivity index (χ1n) is 8.56. The van der Waals surface area contributed by atoms with Crippen molar-refractivity contribution in [1.29, 1.82) is 0 Å². The van der Waals surface area contributed by atoms with Crippen molar-refractivity contribution in [3.63, 3.8) is 0 Å². The molecule has 4 rings (SSSR count). The number of fused-ring (bicyclic) bond motifs is 1. The molecule has 26 heavy (non-hydrogen) atoms. The van der Waals surface area contributed by atoms with Crippen molar-refractivity contribution < 1.29 is 4.79 Å². The lowest BCUT2D eigenvalue weighted by atomic mass is 10.1. The number of rotatable bonds is 5. The monoisotopic (exact) mass is 361 g/mol. The molecule has 0 aliphatic carbocycles. The van der Waals surface area contributed by atoms with Crippen LogP contribution in [0.15, 0.2) is 60.1 Å². The van der Waals surface area contributed by atoms with Gasteiger partial charge in [0.05, 0.1) is 10.7 Å². The van der Waals surface area contributed by atoms with Crippen LogP contribution >= 0.6 is 11.3 Å². The number of benzene rings is 2. The van der Waals surface area contributed by atoms with Gasteiger partial charge >= 0.3 is 0 Å². The highest BCUT2D eigenvalue weighted by Gasteiger charge is 2.08. The molecule has 0 saturated heterocycles. The smallest absolute Gasteiger partial charge is 0.224 e. The molecule has 130 valence electrons. The Morgan fingerprint density at radius 3 is 2.92 bits per heavy atom. The molecule has 0 aliphatic rings. The van der Waals surface area contributed by atoms with Crippen LogP contribution in [-0.4, -0.2) is 15.9 Å². The van der Waals surface area contributed by atoms with E-state index in [1.54, 1.807) is 11.3 Å². The summed E-state index contributed by atoms with van der Waals surface area (Å²) in [7, 11) is 0. The molecule has 0 unspecified atom stereocenters. The summed E-state index contributed by atoms with van der Waals surface area (Å²) < 4.78 is 0. The summed E-state index contributed by atoms with van der Waals surface area (Å²) in [5.74, 6) is 0.0156. The molecule has 2 N–H and O–H groups in total. The minimum atomic E-state index is 0.0156. The van der Waals surface area contributed by atoms with E-state index in [1.165, 1.54) is 10.9 Å². The van der Waals surface area contributed by atoms with Gasteiger partial charge in [-0.05, 0) is 37.1 Å². The van der Waals surface area contributed by atoms with Gasteiger partial charge in [-0.2, -0.15) is 0 Å². The van der Waals surface area contributed by atoms with Crippen LogP contribution in [-0.2, 0) is 11.2 Å². The molecular weight excluding hydrogens is 342 g/mol. The molecule has 5 heteroatoms. The normalized spacial score (nSPS) is 11.0. The molecule has 1 amide bonds. The predicted octanol–water partition coefficient (Wildman–Crippen LogP) is 5.17. The third-order valence-electron chi connectivity index (χ3n) is 4.36. The number of aromatic amines is 1. The molecule has 0 saturated carbocycles. The van der Waals surface area contributed by atoms with E-state index >= 15 is 0 Å². The van der Waals surface area contributed by atoms with Gasteiger partial charge in [0.1, 0.15) is 0 Å². The fourth-order valence-electron chi connectivity index (χ4n) is 3.06. The Kier molecular flexibility index (Phi) is 4.54. The largest absolute Gasteiger partial charge is 0.361 e. The molecule has 4 aromatic rings. The first-order chi connectivity index (χ1) is 12.7. The number of anilines is 1. The third-order valence-corrected chi connectivity index (χ3v) is 5.13. The van der Waals surface area contributed by atoms with E-state index in [4.69, 9.17) is 0 Å². The molecule has 0 fully saturated rings. The SMILES string of the molecule is Cc1nc(-c2cccc(NC(=O)CCc3c[nH]c4ccccc34)c2)cs1. The molecule has 4 nitrogen and oxygen atoms in total. The van der Waals surface area contributed by atoms with Crippen LogP contribution in [0.5, 0.6) is 0 Å². The van der Waals surface area contributed by atoms with Gasteiger partial charge in [0, 0.05) is 40.2 Å². The van der Waals surface area contributed by atoms with Crippen LogP contribution in [0.1, 0.15) is 17.0 Å². The number of carbonyl (C=O) groups excluding carboxylic acids is 1. The lowest BCUT2D eigenvalue weighted by molar-refractivity contribution is -0.116. The molecule has 0 radical (unpaired) electrons. The van der Waals surface area contributed by atoms with Crippen LogP contribution in [0.3, 0.4) is 0 Å². The summed E-state index contributed by atoms with van der Waals surface area (Å²) in [4.78, 5) is 20.1. The number of carbonyl (C=O) groups is 1. The van der Waals surface area contributed by atoms with Gasteiger partial charge < -0.3 is 10.3 Å². The molecule has 2 heterocycles. The Morgan fingerprint density at radius 1 is 1.19 bits per heavy atom. The summed E-state index contributed by atoms with van der Waals surface area (Å²) in [6, 6.07) is 16.0. The Hall–Kier alpha value is -2.92. The highest BCUT2D eigenvalue weighted by molar-refractivity contribution is 7.09. The van der Waals surface area contributed by atoms with Crippen molar-refractivity contribution in [3.05, 3.63) is 70.7 Å². The van der Waals surface area contributed by atoms with Gasteiger partial charge in [-0.3, -0.25) is 4.79 Å². The van der Waals surface area contributed by atoms with Crippen molar-refractivity contribution in [2.45, 2.75) is 19.8 Å². The van der Waals surface area contributed by atoms with Crippen molar-refractivity contribution in [2.24, 2.45) is 0 Å². The summed E-state index contributed by atoms with van der Waals surface area (Å²) in [5.41, 5.74) is 5.04. The molecule has 0 atom stereocenters. The van der Waals surface area contributed by atoms with Gasteiger partial charge in [-0.1, -0.05) is 30.3 Å². The number of aromatic nitrogens is 2. The van der Waals surface area contributed by atoms with Crippen LogP contribution in [0.4, 0.5) is 5.69 Å². The Morgan fingerprint density at radius 2 is 2.08 bits per heavy atom. The molecule has 2 aromatic carbocycles. The lowest BCUT2D eigenvalue weighted by Crippen LogP contribution is -2.12. The predicted molar refractivity (Wildman–Crippen MR) is 108 cm³/mol. The second-order valence-corrected chi connectivity index (χ2v) is 7.30. The minimum absolute atomic E-state index is 0.0156. The van der Waals surface area contributed by atoms with Gasteiger partial charge in [-0.15, -0.1) is 11.3 Å². The summed E-state index contributed by atoms with van der Waals surface area (Å²) in [6.45, 7) is 1.99. The van der Waals surface area contributed by atoms with Crippen LogP contribution < -0.4 is 5.32 Å². The summed E-state index contributed by atoms with van der Waals surface area (Å²) >= 11 is 1.63. The first-order valence-corrected chi connectivity index (χ1v) is 9.44. The van der Waals surface area contributed by atoms with Crippen molar-refractivity contribution in [2.75, 3.05) is 5.32 Å². The third kappa shape index (κ3) is 3.53. The minimum Gasteiger partial charge on any atom is -0.361 e. The maximum Gasteiger partial charge on any atom is 0.224 e. The zero-order valence-electron chi connectivity index (χ0n) is 14.5. The van der Waals surface area contributed by atoms with E-state index < -0.39 is 0 Å². The second-order valence-electron chi connectivity index (χ2n) is 6.24. The maximum absolute atomic E-state index is 12.4. The van der Waals surface area contributed by atoms with Crippen LogP contribution in [0, 0.1) is 6.92 Å². The molecule has 2 aromatic heterocycles. The lowest BCUT2D eigenvalue weighted by Gasteiger charge is -2.06. The van der Waals surface area contributed by atoms with Gasteiger partial charge in [-0.25, -0.2) is 4.98 Å². The number of amides is 1. The Labute approximate surface area is 155 Å². The number of thiazole rings is 1. The van der Waals surface area contributed by atoms with E-state index in [0.717, 1.165) is 27.5 Å². The molecule has 0 aliphatic heterocycles. The standard InChI is InChI=1S/C21H19N3OS/c1-14-23-20(13-26-14)15-5-4-6-17(11-15)24-21(25)10-9-16-12-22-19-8-3-2-7-18(16)19/h2-8,11-13,22H,9-10H2,1H3,(H,24,25). The number of hydrogen-bond acceptors (Lipinski definition) is 3. The van der Waals surface area contributed by atoms with Gasteiger partial charge in [0.2, 0.25) is 5.91 Å². The van der Waals surface area contributed by atoms with Crippen LogP contribution in [0.25, 0.3) is 22.2 Å². The Bertz CT molecular complexity index is 1060. The fourth-order valence-corrected chi connectivity index (χ4v) is 3.68. The molecule has 0 bridgehead atoms. The number of para-hydroxylation sites is 1. The summed E-state index contributed by atoms with van der Waals surface area (Å²) in [5, 5.41) is 7.25. The quantitative estimate of drug-likeness (QED) is 0.515. The second kappa shape index (κ2) is 7.14. The number of hydrogen-bond donors (Lipinski definition) is 2. The number of nitrogens with zero attached hydrogens (tertiary/aromatic N) is 1. The molecule has 0 spiro atoms. The Balaban J connectivity index is 1.42. The van der Waals surface area contributed by atoms with Crippen molar-refractivity contribution in [1.82, 2.24) is 9.97 Å². The molecular formula is C21H19N3OS. The zero-order valence-corrected chi connectivity index (χ0v) is 15.3. The highest BCUT2D eigenvalue weighted by atomic mass is 32.1.